The van der Waals surface area contributed by atoms with Crippen LogP contribution in [0.2, 0.25) is 23.2 Å². The van der Waals surface area contributed by atoms with E-state index in [1.807, 2.05) is 24.3 Å². The zero-order chi connectivity index (χ0) is 35.6. The van der Waals surface area contributed by atoms with Crippen molar-refractivity contribution in [3.05, 3.63) is 103 Å². The van der Waals surface area contributed by atoms with Gasteiger partial charge in [-0.1, -0.05) is 140 Å². The van der Waals surface area contributed by atoms with Gasteiger partial charge in [-0.05, 0) is 57.2 Å². The van der Waals surface area contributed by atoms with Gasteiger partial charge in [0.25, 0.3) is 8.32 Å². The van der Waals surface area contributed by atoms with Crippen LogP contribution in [0, 0.1) is 11.8 Å². The zero-order valence-corrected chi connectivity index (χ0v) is 33.5. The number of aliphatic hydroxyl groups excluding tert-OH is 1. The lowest BCUT2D eigenvalue weighted by molar-refractivity contribution is 0.0507. The number of rotatable bonds is 17. The quantitative estimate of drug-likeness (QED) is 0.113. The van der Waals surface area contributed by atoms with E-state index in [2.05, 4.69) is 141 Å². The van der Waals surface area contributed by atoms with Gasteiger partial charge < -0.3 is 23.4 Å². The molecule has 0 saturated heterocycles. The average molecular weight is 691 g/mol. The maximum absolute atomic E-state index is 9.84. The smallest absolute Gasteiger partial charge is 0.261 e. The number of hydrogen-bond acceptors (Lipinski definition) is 5. The molecule has 3 aromatic carbocycles. The molecule has 1 N–H and O–H groups in total. The molecule has 3 rings (SSSR count). The van der Waals surface area contributed by atoms with Crippen molar-refractivity contribution >= 4 is 27.0 Å². The fraction of sp³-hybridized carbons (Fsp3) is 0.512. The molecule has 0 bridgehead atoms. The molecule has 0 spiro atoms. The highest BCUT2D eigenvalue weighted by Gasteiger charge is 2.51. The Morgan fingerprint density at radius 1 is 0.750 bits per heavy atom. The first-order valence-electron chi connectivity index (χ1n) is 17.5. The van der Waals surface area contributed by atoms with E-state index >= 15 is 0 Å². The van der Waals surface area contributed by atoms with Gasteiger partial charge >= 0.3 is 0 Å². The second-order valence-corrected chi connectivity index (χ2v) is 24.8. The van der Waals surface area contributed by atoms with Crippen LogP contribution in [0.4, 0.5) is 0 Å². The van der Waals surface area contributed by atoms with Crippen LogP contribution < -0.4 is 15.1 Å². The maximum atomic E-state index is 9.84. The van der Waals surface area contributed by atoms with Gasteiger partial charge in [0.1, 0.15) is 5.75 Å². The molecule has 0 aliphatic carbocycles. The molecule has 7 heteroatoms. The van der Waals surface area contributed by atoms with Crippen molar-refractivity contribution in [3.63, 3.8) is 0 Å². The Balaban J connectivity index is 1.92. The highest BCUT2D eigenvalue weighted by atomic mass is 28.4. The standard InChI is InChI=1S/C41H62O5Si2/c1-32(22-25-36(28-29-42)44-31-34-23-26-35(43-9)27-24-34)39(46-47(10,11)40(3,4)5)33(2)30-45-48(41(6,7)8,37-18-14-12-15-19-37)38-20-16-13-17-21-38/h12-27,32-33,36,39,42H,28-31H2,1-11H3/b25-22-/t32-,33-,36+,39-/m0/s1. The Kier molecular flexibility index (Phi) is 14.5. The van der Waals surface area contributed by atoms with Crippen LogP contribution in [0.25, 0.3) is 0 Å². The van der Waals surface area contributed by atoms with E-state index in [1.54, 1.807) is 7.11 Å². The normalized spacial score (nSPS) is 15.7. The lowest BCUT2D eigenvalue weighted by Crippen LogP contribution is -2.67. The van der Waals surface area contributed by atoms with Crippen molar-refractivity contribution in [3.8, 4) is 5.75 Å². The molecule has 4 atom stereocenters. The van der Waals surface area contributed by atoms with E-state index in [9.17, 15) is 5.11 Å². The minimum absolute atomic E-state index is 0.0542. The van der Waals surface area contributed by atoms with Crippen molar-refractivity contribution in [2.24, 2.45) is 11.8 Å². The Labute approximate surface area is 294 Å². The number of aliphatic hydroxyl groups is 1. The summed E-state index contributed by atoms with van der Waals surface area (Å²) in [4.78, 5) is 0. The lowest BCUT2D eigenvalue weighted by atomic mass is 9.93. The molecule has 3 aromatic rings. The molecule has 0 fully saturated rings. The van der Waals surface area contributed by atoms with Crippen LogP contribution in [0.15, 0.2) is 97.1 Å². The van der Waals surface area contributed by atoms with Gasteiger partial charge in [-0.2, -0.15) is 0 Å². The van der Waals surface area contributed by atoms with Crippen LogP contribution in [-0.4, -0.2) is 54.3 Å². The van der Waals surface area contributed by atoms with E-state index < -0.39 is 16.6 Å². The first-order valence-corrected chi connectivity index (χ1v) is 22.3. The SMILES string of the molecule is COc1ccc(CO[C@H](/C=C\[C@H](C)[C@H](O[Si](C)(C)C(C)(C)C)[C@@H](C)CO[Si](c2ccccc2)(c2ccccc2)C(C)(C)C)CCO)cc1. The Morgan fingerprint density at radius 3 is 1.75 bits per heavy atom. The first-order chi connectivity index (χ1) is 22.6. The van der Waals surface area contributed by atoms with Gasteiger partial charge in [0, 0.05) is 25.6 Å². The number of methoxy groups -OCH3 is 1. The third-order valence-corrected chi connectivity index (χ3v) is 19.4. The van der Waals surface area contributed by atoms with Crippen molar-refractivity contribution in [2.45, 2.75) is 104 Å². The molecule has 0 aliphatic heterocycles. The summed E-state index contributed by atoms with van der Waals surface area (Å²) in [6.07, 6.45) is 4.60. The van der Waals surface area contributed by atoms with Gasteiger partial charge in [0.2, 0.25) is 0 Å². The Morgan fingerprint density at radius 2 is 1.29 bits per heavy atom. The number of hydrogen-bond donors (Lipinski definition) is 1. The third kappa shape index (κ3) is 10.2. The van der Waals surface area contributed by atoms with Gasteiger partial charge in [-0.15, -0.1) is 0 Å². The van der Waals surface area contributed by atoms with Crippen LogP contribution in [0.1, 0.15) is 67.4 Å². The summed E-state index contributed by atoms with van der Waals surface area (Å²) in [7, 11) is -3.17. The van der Waals surface area contributed by atoms with Crippen LogP contribution in [0.5, 0.6) is 5.75 Å². The second-order valence-electron chi connectivity index (χ2n) is 15.7. The molecule has 0 amide bonds. The summed E-state index contributed by atoms with van der Waals surface area (Å²) in [5.74, 6) is 1.04. The maximum Gasteiger partial charge on any atom is 0.261 e. The summed E-state index contributed by atoms with van der Waals surface area (Å²) in [6, 6.07) is 29.6. The van der Waals surface area contributed by atoms with Gasteiger partial charge in [-0.25, -0.2) is 0 Å². The predicted octanol–water partition coefficient (Wildman–Crippen LogP) is 8.76. The molecular formula is C41H62O5Si2. The van der Waals surface area contributed by atoms with Gasteiger partial charge in [0.05, 0.1) is 25.9 Å². The molecule has 0 heterocycles. The zero-order valence-electron chi connectivity index (χ0n) is 31.5. The molecule has 0 saturated carbocycles. The van der Waals surface area contributed by atoms with Crippen LogP contribution in [0.3, 0.4) is 0 Å². The van der Waals surface area contributed by atoms with Gasteiger partial charge in [0.15, 0.2) is 8.32 Å². The molecule has 264 valence electrons. The summed E-state index contributed by atoms with van der Waals surface area (Å²) in [6.45, 7) is 24.2. The Hall–Kier alpha value is -2.53. The van der Waals surface area contributed by atoms with E-state index in [4.69, 9.17) is 18.3 Å². The summed E-state index contributed by atoms with van der Waals surface area (Å²) in [5.41, 5.74) is 1.06. The van der Waals surface area contributed by atoms with Crippen molar-refractivity contribution in [2.75, 3.05) is 20.3 Å². The van der Waals surface area contributed by atoms with Crippen molar-refractivity contribution in [1.82, 2.24) is 0 Å². The summed E-state index contributed by atoms with van der Waals surface area (Å²) in [5, 5.41) is 12.4. The molecule has 5 nitrogen and oxygen atoms in total. The minimum atomic E-state index is -2.70. The summed E-state index contributed by atoms with van der Waals surface area (Å²) >= 11 is 0. The number of ether oxygens (including phenoxy) is 2. The van der Waals surface area contributed by atoms with E-state index in [-0.39, 0.29) is 40.7 Å². The summed E-state index contributed by atoms with van der Waals surface area (Å²) < 4.78 is 26.2. The van der Waals surface area contributed by atoms with Crippen molar-refractivity contribution < 1.29 is 23.4 Å². The number of benzene rings is 3. The first kappa shape index (κ1) is 39.9. The molecular weight excluding hydrogens is 629 g/mol. The highest BCUT2D eigenvalue weighted by molar-refractivity contribution is 6.99. The third-order valence-electron chi connectivity index (χ3n) is 9.96. The second kappa shape index (κ2) is 17.4. The van der Waals surface area contributed by atoms with Crippen LogP contribution >= 0.6 is 0 Å². The Bertz CT molecular complexity index is 1340. The minimum Gasteiger partial charge on any atom is -0.497 e. The highest BCUT2D eigenvalue weighted by Crippen LogP contribution is 2.41. The van der Waals surface area contributed by atoms with Crippen molar-refractivity contribution in [1.29, 1.82) is 0 Å². The molecule has 0 aliphatic rings. The topological polar surface area (TPSA) is 57.2 Å². The molecule has 0 aromatic heterocycles. The average Bonchev–Trinajstić information content (AvgIpc) is 3.05. The van der Waals surface area contributed by atoms with E-state index in [1.165, 1.54) is 10.4 Å². The van der Waals surface area contributed by atoms with Gasteiger partial charge in [-0.3, -0.25) is 0 Å². The predicted molar refractivity (Wildman–Crippen MR) is 206 cm³/mol. The molecule has 0 radical (unpaired) electrons. The van der Waals surface area contributed by atoms with Crippen LogP contribution in [-0.2, 0) is 20.2 Å². The lowest BCUT2D eigenvalue weighted by Gasteiger charge is -2.45. The largest absolute Gasteiger partial charge is 0.497 e. The fourth-order valence-electron chi connectivity index (χ4n) is 6.07. The monoisotopic (exact) mass is 690 g/mol. The molecule has 48 heavy (non-hydrogen) atoms. The fourth-order valence-corrected chi connectivity index (χ4v) is 12.2. The van der Waals surface area contributed by atoms with E-state index in [0.29, 0.717) is 19.6 Å². The molecule has 0 unspecified atom stereocenters. The van der Waals surface area contributed by atoms with E-state index in [0.717, 1.165) is 11.3 Å².